The van der Waals surface area contributed by atoms with E-state index in [0.717, 1.165) is 19.3 Å². The third kappa shape index (κ3) is 4.80. The molecule has 1 saturated heterocycles. The van der Waals surface area contributed by atoms with Crippen LogP contribution in [0.1, 0.15) is 66.9 Å². The van der Waals surface area contributed by atoms with Crippen LogP contribution in [0.5, 0.6) is 0 Å². The first-order chi connectivity index (χ1) is 13.5. The van der Waals surface area contributed by atoms with Gasteiger partial charge in [0.2, 0.25) is 5.92 Å². The maximum absolute atomic E-state index is 13.7. The van der Waals surface area contributed by atoms with Gasteiger partial charge in [0.1, 0.15) is 5.82 Å². The van der Waals surface area contributed by atoms with Gasteiger partial charge in [0.25, 0.3) is 5.91 Å². The minimum Gasteiger partial charge on any atom is -0.356 e. The number of anilines is 1. The molecule has 0 spiro atoms. The Balaban J connectivity index is 1.93. The number of carbonyl (C=O) groups excluding carboxylic acids is 1. The number of carbonyl (C=O) groups is 1. The summed E-state index contributed by atoms with van der Waals surface area (Å²) in [5.74, 6) is -2.88. The number of hydrogen-bond acceptors (Lipinski definition) is 3. The molecule has 1 N–H and O–H groups in total. The molecule has 0 radical (unpaired) electrons. The lowest BCUT2D eigenvalue weighted by Gasteiger charge is -2.35. The summed E-state index contributed by atoms with van der Waals surface area (Å²) in [6.07, 6.45) is -1.92. The minimum atomic E-state index is -4.65. The van der Waals surface area contributed by atoms with Crippen molar-refractivity contribution in [3.8, 4) is 0 Å². The highest BCUT2D eigenvalue weighted by Gasteiger charge is 2.38. The Morgan fingerprint density at radius 3 is 2.59 bits per heavy atom. The van der Waals surface area contributed by atoms with Gasteiger partial charge in [-0.05, 0) is 37.7 Å². The van der Waals surface area contributed by atoms with Gasteiger partial charge < -0.3 is 10.2 Å². The van der Waals surface area contributed by atoms with E-state index in [9.17, 15) is 26.7 Å². The molecule has 1 saturated carbocycles. The average Bonchev–Trinajstić information content (AvgIpc) is 2.76. The van der Waals surface area contributed by atoms with Crippen molar-refractivity contribution in [2.45, 2.75) is 70.5 Å². The van der Waals surface area contributed by atoms with Crippen LogP contribution in [-0.2, 0) is 6.18 Å². The molecule has 2 aliphatic rings. The predicted molar refractivity (Wildman–Crippen MR) is 99.3 cm³/mol. The summed E-state index contributed by atoms with van der Waals surface area (Å²) in [7, 11) is 0. The van der Waals surface area contributed by atoms with Crippen molar-refractivity contribution >= 4 is 11.7 Å². The largest absolute Gasteiger partial charge is 0.418 e. The quantitative estimate of drug-likeness (QED) is 0.703. The first kappa shape index (κ1) is 21.8. The van der Waals surface area contributed by atoms with Gasteiger partial charge in [-0.15, -0.1) is 0 Å². The highest BCUT2D eigenvalue weighted by molar-refractivity contribution is 6.01. The van der Waals surface area contributed by atoms with E-state index in [1.165, 1.54) is 11.8 Å². The van der Waals surface area contributed by atoms with Crippen LogP contribution in [0.3, 0.4) is 0 Å². The summed E-state index contributed by atoms with van der Waals surface area (Å²) >= 11 is 0. The Morgan fingerprint density at radius 1 is 1.28 bits per heavy atom. The Kier molecular flexibility index (Phi) is 6.06. The van der Waals surface area contributed by atoms with Gasteiger partial charge in [0.15, 0.2) is 0 Å². The molecular weight excluding hydrogens is 393 g/mol. The molecule has 0 bridgehead atoms. The van der Waals surface area contributed by atoms with Crippen molar-refractivity contribution in [3.63, 3.8) is 0 Å². The number of halogens is 5. The molecule has 2 heterocycles. The summed E-state index contributed by atoms with van der Waals surface area (Å²) in [5.41, 5.74) is -1.36. The molecule has 1 aromatic heterocycles. The zero-order chi connectivity index (χ0) is 21.4. The first-order valence-electron chi connectivity index (χ1n) is 10.0. The molecule has 29 heavy (non-hydrogen) atoms. The van der Waals surface area contributed by atoms with E-state index < -0.39 is 30.0 Å². The second-order valence-corrected chi connectivity index (χ2v) is 8.11. The van der Waals surface area contributed by atoms with E-state index in [2.05, 4.69) is 17.2 Å². The van der Waals surface area contributed by atoms with Crippen LogP contribution in [0.2, 0.25) is 0 Å². The number of rotatable bonds is 4. The molecule has 1 aromatic rings. The topological polar surface area (TPSA) is 45.2 Å². The predicted octanol–water partition coefficient (Wildman–Crippen LogP) is 4.95. The molecule has 162 valence electrons. The van der Waals surface area contributed by atoms with Crippen molar-refractivity contribution in [3.05, 3.63) is 22.9 Å². The summed E-state index contributed by atoms with van der Waals surface area (Å²) in [4.78, 5) is 18.4. The Labute approximate surface area is 166 Å². The van der Waals surface area contributed by atoms with E-state index in [0.29, 0.717) is 12.1 Å². The van der Waals surface area contributed by atoms with Crippen LogP contribution >= 0.6 is 0 Å². The third-order valence-corrected chi connectivity index (χ3v) is 6.02. The second-order valence-electron chi connectivity index (χ2n) is 8.11. The highest BCUT2D eigenvalue weighted by Crippen LogP contribution is 2.37. The first-order valence-corrected chi connectivity index (χ1v) is 10.0. The molecule has 1 amide bonds. The molecule has 1 aliphatic carbocycles. The Morgan fingerprint density at radius 2 is 1.97 bits per heavy atom. The maximum atomic E-state index is 13.7. The molecular formula is C20H26F5N3O. The van der Waals surface area contributed by atoms with Gasteiger partial charge in [0.05, 0.1) is 11.1 Å². The lowest BCUT2D eigenvalue weighted by atomic mass is 9.78. The summed E-state index contributed by atoms with van der Waals surface area (Å²) in [6.45, 7) is 3.45. The summed E-state index contributed by atoms with van der Waals surface area (Å²) < 4.78 is 67.6. The van der Waals surface area contributed by atoms with E-state index in [1.807, 2.05) is 0 Å². The standard InChI is InChI=1S/C20H26F5N3O/c1-3-13-9-14(10-13)27-18(29)16-12(2)15(20(23,24)25)11-26-17(16)28-7-4-5-19(21,22)6-8-28/h11,13-14H,3-10H2,1-2H3,(H,27,29). The molecule has 1 aliphatic heterocycles. The average molecular weight is 419 g/mol. The van der Waals surface area contributed by atoms with Crippen molar-refractivity contribution in [1.29, 1.82) is 0 Å². The summed E-state index contributed by atoms with van der Waals surface area (Å²) in [6, 6.07) is -0.0808. The fourth-order valence-corrected chi connectivity index (χ4v) is 4.11. The Hall–Kier alpha value is -1.93. The zero-order valence-electron chi connectivity index (χ0n) is 16.6. The Bertz CT molecular complexity index is 759. The van der Waals surface area contributed by atoms with Gasteiger partial charge >= 0.3 is 6.18 Å². The highest BCUT2D eigenvalue weighted by atomic mass is 19.4. The third-order valence-electron chi connectivity index (χ3n) is 6.02. The van der Waals surface area contributed by atoms with Gasteiger partial charge in [-0.2, -0.15) is 13.2 Å². The van der Waals surface area contributed by atoms with Crippen molar-refractivity contribution in [2.75, 3.05) is 18.0 Å². The maximum Gasteiger partial charge on any atom is 0.418 e. The fraction of sp³-hybridized carbons (Fsp3) is 0.700. The van der Waals surface area contributed by atoms with Gasteiger partial charge in [-0.3, -0.25) is 4.79 Å². The number of aromatic nitrogens is 1. The van der Waals surface area contributed by atoms with Crippen molar-refractivity contribution in [1.82, 2.24) is 10.3 Å². The minimum absolute atomic E-state index is 0.0528. The van der Waals surface area contributed by atoms with Gasteiger partial charge in [0, 0.05) is 38.2 Å². The van der Waals surface area contributed by atoms with E-state index in [4.69, 9.17) is 0 Å². The van der Waals surface area contributed by atoms with E-state index in [1.54, 1.807) is 0 Å². The number of nitrogens with zero attached hydrogens (tertiary/aromatic N) is 2. The number of nitrogens with one attached hydrogen (secondary N) is 1. The normalized spacial score (nSPS) is 24.6. The van der Waals surface area contributed by atoms with Crippen LogP contribution in [0.15, 0.2) is 6.20 Å². The van der Waals surface area contributed by atoms with Crippen LogP contribution in [0, 0.1) is 12.8 Å². The molecule has 2 fully saturated rings. The number of hydrogen-bond donors (Lipinski definition) is 1. The number of alkyl halides is 5. The zero-order valence-corrected chi connectivity index (χ0v) is 16.6. The van der Waals surface area contributed by atoms with Crippen LogP contribution in [-0.4, -0.2) is 35.9 Å². The molecule has 4 nitrogen and oxygen atoms in total. The smallest absolute Gasteiger partial charge is 0.356 e. The van der Waals surface area contributed by atoms with Gasteiger partial charge in [-0.25, -0.2) is 13.8 Å². The molecule has 0 unspecified atom stereocenters. The summed E-state index contributed by atoms with van der Waals surface area (Å²) in [5, 5.41) is 2.81. The van der Waals surface area contributed by atoms with Crippen LogP contribution in [0.25, 0.3) is 0 Å². The van der Waals surface area contributed by atoms with Crippen LogP contribution < -0.4 is 10.2 Å². The number of pyridine rings is 1. The SMILES string of the molecule is CCC1CC(NC(=O)c2c(N3CCCC(F)(F)CC3)ncc(C(F)(F)F)c2C)C1. The van der Waals surface area contributed by atoms with Crippen LogP contribution in [0.4, 0.5) is 27.8 Å². The fourth-order valence-electron chi connectivity index (χ4n) is 4.11. The molecule has 9 heteroatoms. The number of amides is 1. The van der Waals surface area contributed by atoms with E-state index >= 15 is 0 Å². The lowest BCUT2D eigenvalue weighted by molar-refractivity contribution is -0.138. The molecule has 0 atom stereocenters. The van der Waals surface area contributed by atoms with Crippen molar-refractivity contribution in [2.24, 2.45) is 5.92 Å². The van der Waals surface area contributed by atoms with Crippen molar-refractivity contribution < 1.29 is 26.7 Å². The molecule has 3 rings (SSSR count). The lowest BCUT2D eigenvalue weighted by Crippen LogP contribution is -2.45. The van der Waals surface area contributed by atoms with E-state index in [-0.39, 0.29) is 48.9 Å². The molecule has 0 aromatic carbocycles. The second kappa shape index (κ2) is 8.07. The monoisotopic (exact) mass is 419 g/mol. The van der Waals surface area contributed by atoms with Gasteiger partial charge in [-0.1, -0.05) is 13.3 Å².